The lowest BCUT2D eigenvalue weighted by Crippen LogP contribution is -2.34. The molecule has 1 aromatic carbocycles. The van der Waals surface area contributed by atoms with Crippen molar-refractivity contribution in [2.75, 3.05) is 5.32 Å². The van der Waals surface area contributed by atoms with Crippen molar-refractivity contribution >= 4 is 34.9 Å². The van der Waals surface area contributed by atoms with Crippen LogP contribution in [0.15, 0.2) is 30.4 Å². The number of halogens is 1. The summed E-state index contributed by atoms with van der Waals surface area (Å²) in [4.78, 5) is 33.6. The largest absolute Gasteiger partial charge is 0.481 e. The number of carboxylic acids is 1. The minimum Gasteiger partial charge on any atom is -0.481 e. The number of benzene rings is 1. The Kier molecular flexibility index (Phi) is 4.77. The van der Waals surface area contributed by atoms with Gasteiger partial charge in [0.2, 0.25) is 5.91 Å². The van der Waals surface area contributed by atoms with Gasteiger partial charge in [-0.15, -0.1) is 0 Å². The summed E-state index contributed by atoms with van der Waals surface area (Å²) in [5.41, 5.74) is -0.113. The number of nitrogens with one attached hydrogen (secondary N) is 1. The Balaban J connectivity index is 2.21. The maximum atomic E-state index is 12.3. The molecule has 0 saturated carbocycles. The number of rotatable bonds is 4. The van der Waals surface area contributed by atoms with Crippen LogP contribution in [0.3, 0.4) is 0 Å². The van der Waals surface area contributed by atoms with Crippen molar-refractivity contribution in [3.05, 3.63) is 45.5 Å². The first-order valence-corrected chi connectivity index (χ1v) is 6.90. The molecule has 1 aliphatic rings. The Hall–Kier alpha value is -2.41. The predicted molar refractivity (Wildman–Crippen MR) is 79.7 cm³/mol. The second kappa shape index (κ2) is 6.57. The molecule has 0 unspecified atom stereocenters. The topological polar surface area (TPSA) is 110 Å². The van der Waals surface area contributed by atoms with Gasteiger partial charge in [-0.05, 0) is 18.9 Å². The minimum atomic E-state index is -1.05. The van der Waals surface area contributed by atoms with E-state index in [0.717, 1.165) is 6.07 Å². The number of nitro benzene ring substituents is 1. The van der Waals surface area contributed by atoms with Gasteiger partial charge < -0.3 is 10.4 Å². The van der Waals surface area contributed by atoms with Crippen LogP contribution in [-0.2, 0) is 9.59 Å². The van der Waals surface area contributed by atoms with E-state index >= 15 is 0 Å². The van der Waals surface area contributed by atoms with E-state index in [-0.39, 0.29) is 22.8 Å². The highest BCUT2D eigenvalue weighted by atomic mass is 35.5. The molecule has 7 nitrogen and oxygen atoms in total. The van der Waals surface area contributed by atoms with Gasteiger partial charge in [0.25, 0.3) is 5.69 Å². The van der Waals surface area contributed by atoms with Crippen molar-refractivity contribution in [3.8, 4) is 0 Å². The molecule has 1 aromatic rings. The lowest BCUT2D eigenvalue weighted by Gasteiger charge is -2.24. The number of non-ortho nitro benzene ring substituents is 1. The average molecular weight is 325 g/mol. The number of nitrogens with zero attached hydrogens (tertiary/aromatic N) is 1. The molecule has 2 N–H and O–H groups in total. The summed E-state index contributed by atoms with van der Waals surface area (Å²) in [6.07, 6.45) is 4.05. The van der Waals surface area contributed by atoms with E-state index in [1.54, 1.807) is 12.2 Å². The van der Waals surface area contributed by atoms with Gasteiger partial charge in [0.1, 0.15) is 0 Å². The van der Waals surface area contributed by atoms with Crippen LogP contribution in [0, 0.1) is 22.0 Å². The Morgan fingerprint density at radius 1 is 1.27 bits per heavy atom. The number of carboxylic acid groups (broad SMARTS) is 1. The summed E-state index contributed by atoms with van der Waals surface area (Å²) in [6.45, 7) is 0. The number of carbonyl (C=O) groups excluding carboxylic acids is 1. The number of anilines is 1. The van der Waals surface area contributed by atoms with Gasteiger partial charge in [0.05, 0.1) is 27.5 Å². The van der Waals surface area contributed by atoms with Crippen molar-refractivity contribution in [3.63, 3.8) is 0 Å². The van der Waals surface area contributed by atoms with Crippen LogP contribution in [0.1, 0.15) is 12.8 Å². The number of hydrogen-bond acceptors (Lipinski definition) is 4. The molecular formula is C14H13ClN2O5. The molecular weight excluding hydrogens is 312 g/mol. The predicted octanol–water partition coefficient (Wildman–Crippen LogP) is 2.85. The maximum Gasteiger partial charge on any atom is 0.307 e. The standard InChI is InChI=1S/C14H13ClN2O5/c15-11-6-5-8(17(21)22)7-12(11)16-13(18)9-3-1-2-4-10(9)14(19)20/h1-2,5-7,9-10H,3-4H2,(H,16,18)(H,19,20)/t9-,10-/m1/s1. The zero-order valence-corrected chi connectivity index (χ0v) is 12.1. The van der Waals surface area contributed by atoms with E-state index < -0.39 is 28.6 Å². The van der Waals surface area contributed by atoms with Crippen molar-refractivity contribution < 1.29 is 19.6 Å². The average Bonchev–Trinajstić information content (AvgIpc) is 2.49. The first-order valence-electron chi connectivity index (χ1n) is 6.52. The molecule has 22 heavy (non-hydrogen) atoms. The van der Waals surface area contributed by atoms with Gasteiger partial charge in [0, 0.05) is 12.1 Å². The molecule has 0 saturated heterocycles. The highest BCUT2D eigenvalue weighted by molar-refractivity contribution is 6.33. The molecule has 0 radical (unpaired) electrons. The normalized spacial score (nSPS) is 20.4. The molecule has 8 heteroatoms. The summed E-state index contributed by atoms with van der Waals surface area (Å²) >= 11 is 5.92. The number of amides is 1. The molecule has 2 rings (SSSR count). The van der Waals surface area contributed by atoms with Crippen LogP contribution in [0.2, 0.25) is 5.02 Å². The third kappa shape index (κ3) is 3.43. The van der Waals surface area contributed by atoms with Gasteiger partial charge in [0.15, 0.2) is 0 Å². The quantitative estimate of drug-likeness (QED) is 0.502. The molecule has 0 spiro atoms. The van der Waals surface area contributed by atoms with Crippen molar-refractivity contribution in [1.29, 1.82) is 0 Å². The molecule has 0 aliphatic heterocycles. The summed E-state index contributed by atoms with van der Waals surface area (Å²) < 4.78 is 0. The van der Waals surface area contributed by atoms with E-state index in [2.05, 4.69) is 5.32 Å². The van der Waals surface area contributed by atoms with E-state index in [4.69, 9.17) is 16.7 Å². The molecule has 2 atom stereocenters. The van der Waals surface area contributed by atoms with Crippen LogP contribution >= 0.6 is 11.6 Å². The zero-order valence-electron chi connectivity index (χ0n) is 11.4. The van der Waals surface area contributed by atoms with Crippen molar-refractivity contribution in [2.24, 2.45) is 11.8 Å². The van der Waals surface area contributed by atoms with E-state index in [1.165, 1.54) is 12.1 Å². The van der Waals surface area contributed by atoms with Gasteiger partial charge in [-0.1, -0.05) is 23.8 Å². The fourth-order valence-electron chi connectivity index (χ4n) is 2.32. The highest BCUT2D eigenvalue weighted by Crippen LogP contribution is 2.30. The van der Waals surface area contributed by atoms with Crippen LogP contribution in [0.4, 0.5) is 11.4 Å². The lowest BCUT2D eigenvalue weighted by atomic mass is 9.82. The lowest BCUT2D eigenvalue weighted by molar-refractivity contribution is -0.384. The summed E-state index contributed by atoms with van der Waals surface area (Å²) in [5.74, 6) is -3.12. The fourth-order valence-corrected chi connectivity index (χ4v) is 2.49. The van der Waals surface area contributed by atoms with Crippen LogP contribution in [0.25, 0.3) is 0 Å². The minimum absolute atomic E-state index is 0.0968. The third-order valence-electron chi connectivity index (χ3n) is 3.51. The number of hydrogen-bond donors (Lipinski definition) is 2. The van der Waals surface area contributed by atoms with E-state index in [9.17, 15) is 19.7 Å². The van der Waals surface area contributed by atoms with Gasteiger partial charge >= 0.3 is 5.97 Å². The first-order chi connectivity index (χ1) is 10.4. The Morgan fingerprint density at radius 2 is 1.91 bits per heavy atom. The first kappa shape index (κ1) is 16.0. The second-order valence-electron chi connectivity index (χ2n) is 4.90. The monoisotopic (exact) mass is 324 g/mol. The Labute approximate surface area is 130 Å². The van der Waals surface area contributed by atoms with Gasteiger partial charge in [-0.25, -0.2) is 0 Å². The van der Waals surface area contributed by atoms with Crippen molar-refractivity contribution in [2.45, 2.75) is 12.8 Å². The number of allylic oxidation sites excluding steroid dienone is 2. The third-order valence-corrected chi connectivity index (χ3v) is 3.83. The van der Waals surface area contributed by atoms with Crippen LogP contribution in [-0.4, -0.2) is 21.9 Å². The molecule has 1 aliphatic carbocycles. The van der Waals surface area contributed by atoms with E-state index in [0.29, 0.717) is 6.42 Å². The molecule has 0 fully saturated rings. The number of carbonyl (C=O) groups is 2. The molecule has 1 amide bonds. The number of nitro groups is 1. The zero-order chi connectivity index (χ0) is 16.3. The Bertz CT molecular complexity index is 659. The second-order valence-corrected chi connectivity index (χ2v) is 5.31. The number of aliphatic carboxylic acids is 1. The van der Waals surface area contributed by atoms with Crippen LogP contribution in [0.5, 0.6) is 0 Å². The summed E-state index contributed by atoms with van der Waals surface area (Å²) in [7, 11) is 0. The highest BCUT2D eigenvalue weighted by Gasteiger charge is 2.34. The van der Waals surface area contributed by atoms with E-state index in [1.807, 2.05) is 0 Å². The maximum absolute atomic E-state index is 12.3. The van der Waals surface area contributed by atoms with Crippen LogP contribution < -0.4 is 5.32 Å². The summed E-state index contributed by atoms with van der Waals surface area (Å²) in [6, 6.07) is 3.68. The Morgan fingerprint density at radius 3 is 2.50 bits per heavy atom. The summed E-state index contributed by atoms with van der Waals surface area (Å²) in [5, 5.41) is 22.6. The SMILES string of the molecule is O=C(O)[C@@H]1CC=CC[C@H]1C(=O)Nc1cc([N+](=O)[O-])ccc1Cl. The van der Waals surface area contributed by atoms with Gasteiger partial charge in [-0.2, -0.15) is 0 Å². The molecule has 0 heterocycles. The molecule has 0 bridgehead atoms. The molecule has 116 valence electrons. The fraction of sp³-hybridized carbons (Fsp3) is 0.286. The van der Waals surface area contributed by atoms with Crippen molar-refractivity contribution in [1.82, 2.24) is 0 Å². The molecule has 0 aromatic heterocycles. The smallest absolute Gasteiger partial charge is 0.307 e. The van der Waals surface area contributed by atoms with Gasteiger partial charge in [-0.3, -0.25) is 19.7 Å².